The molecule has 1 saturated carbocycles. The first-order chi connectivity index (χ1) is 9.49. The van der Waals surface area contributed by atoms with Gasteiger partial charge in [-0.15, -0.1) is 0 Å². The Morgan fingerprint density at radius 3 is 2.45 bits per heavy atom. The quantitative estimate of drug-likeness (QED) is 0.737. The summed E-state index contributed by atoms with van der Waals surface area (Å²) < 4.78 is 0. The van der Waals surface area contributed by atoms with Crippen LogP contribution in [0.5, 0.6) is 0 Å². The van der Waals surface area contributed by atoms with Gasteiger partial charge >= 0.3 is 0 Å². The van der Waals surface area contributed by atoms with Crippen molar-refractivity contribution in [2.24, 2.45) is 17.8 Å². The number of benzene rings is 1. The normalized spacial score (nSPS) is 29.8. The Bertz CT molecular complexity index is 587. The summed E-state index contributed by atoms with van der Waals surface area (Å²) in [6.45, 7) is 2.13. The van der Waals surface area contributed by atoms with Crippen molar-refractivity contribution in [2.45, 2.75) is 26.2 Å². The van der Waals surface area contributed by atoms with Gasteiger partial charge in [-0.2, -0.15) is 0 Å². The van der Waals surface area contributed by atoms with Crippen LogP contribution in [0.4, 0.5) is 5.69 Å². The molecule has 1 aliphatic heterocycles. The minimum Gasteiger partial charge on any atom is -0.274 e. The number of hydrogen-bond acceptors (Lipinski definition) is 2. The zero-order chi connectivity index (χ0) is 14.4. The van der Waals surface area contributed by atoms with E-state index >= 15 is 0 Å². The van der Waals surface area contributed by atoms with Crippen LogP contribution in [0.2, 0.25) is 10.0 Å². The summed E-state index contributed by atoms with van der Waals surface area (Å²) in [4.78, 5) is 26.3. The van der Waals surface area contributed by atoms with E-state index in [9.17, 15) is 9.59 Å². The molecule has 3 atom stereocenters. The molecule has 3 rings (SSSR count). The molecule has 2 fully saturated rings. The maximum absolute atomic E-state index is 12.5. The molecule has 1 saturated heterocycles. The minimum atomic E-state index is -0.166. The SMILES string of the molecule is C[C@@H]1CC[C@@H]2C(=O)N(c3ccc(Cl)c(Cl)c3)C(=O)[C@@H]2C1. The Morgan fingerprint density at radius 2 is 1.75 bits per heavy atom. The summed E-state index contributed by atoms with van der Waals surface area (Å²) >= 11 is 11.9. The fraction of sp³-hybridized carbons (Fsp3) is 0.467. The summed E-state index contributed by atoms with van der Waals surface area (Å²) in [5, 5.41) is 0.772. The third-order valence-corrected chi connectivity index (χ3v) is 5.09. The Morgan fingerprint density at radius 1 is 1.05 bits per heavy atom. The standard InChI is InChI=1S/C15H15Cl2NO2/c1-8-2-4-10-11(6-8)15(20)18(14(10)19)9-3-5-12(16)13(17)7-9/h3,5,7-8,10-11H,2,4,6H2,1H3/t8-,10+,11-/m1/s1. The van der Waals surface area contributed by atoms with E-state index in [1.807, 2.05) is 0 Å². The van der Waals surface area contributed by atoms with Crippen LogP contribution in [0.15, 0.2) is 18.2 Å². The predicted molar refractivity (Wildman–Crippen MR) is 79.0 cm³/mol. The summed E-state index contributed by atoms with van der Waals surface area (Å²) in [6, 6.07) is 4.87. The molecular formula is C15H15Cl2NO2. The number of anilines is 1. The number of rotatable bonds is 1. The van der Waals surface area contributed by atoms with Crippen molar-refractivity contribution >= 4 is 40.7 Å². The van der Waals surface area contributed by atoms with Crippen LogP contribution in [0.25, 0.3) is 0 Å². The largest absolute Gasteiger partial charge is 0.274 e. The van der Waals surface area contributed by atoms with E-state index in [0.29, 0.717) is 21.7 Å². The van der Waals surface area contributed by atoms with Gasteiger partial charge in [-0.25, -0.2) is 0 Å². The van der Waals surface area contributed by atoms with E-state index in [0.717, 1.165) is 19.3 Å². The maximum atomic E-state index is 12.5. The number of amides is 2. The highest BCUT2D eigenvalue weighted by molar-refractivity contribution is 6.42. The van der Waals surface area contributed by atoms with E-state index in [-0.39, 0.29) is 23.7 Å². The van der Waals surface area contributed by atoms with Crippen molar-refractivity contribution in [1.29, 1.82) is 0 Å². The lowest BCUT2D eigenvalue weighted by molar-refractivity contribution is -0.122. The zero-order valence-corrected chi connectivity index (χ0v) is 12.6. The lowest BCUT2D eigenvalue weighted by Crippen LogP contribution is -2.30. The molecule has 0 radical (unpaired) electrons. The monoisotopic (exact) mass is 311 g/mol. The second-order valence-corrected chi connectivity index (χ2v) is 6.56. The fourth-order valence-corrected chi connectivity index (χ4v) is 3.56. The third-order valence-electron chi connectivity index (χ3n) is 4.35. The second kappa shape index (κ2) is 5.05. The number of halogens is 2. The number of carbonyl (C=O) groups excluding carboxylic acids is 2. The number of carbonyl (C=O) groups is 2. The Kier molecular flexibility index (Phi) is 3.51. The summed E-state index contributed by atoms with van der Waals surface area (Å²) in [6.07, 6.45) is 2.61. The van der Waals surface area contributed by atoms with Gasteiger partial charge in [0.25, 0.3) is 0 Å². The van der Waals surface area contributed by atoms with Crippen molar-refractivity contribution < 1.29 is 9.59 Å². The van der Waals surface area contributed by atoms with E-state index in [4.69, 9.17) is 23.2 Å². The van der Waals surface area contributed by atoms with Crippen LogP contribution in [0.1, 0.15) is 26.2 Å². The van der Waals surface area contributed by atoms with Crippen molar-refractivity contribution in [3.63, 3.8) is 0 Å². The van der Waals surface area contributed by atoms with E-state index in [1.165, 1.54) is 4.90 Å². The molecule has 0 unspecified atom stereocenters. The van der Waals surface area contributed by atoms with Gasteiger partial charge in [-0.05, 0) is 43.4 Å². The molecule has 1 aliphatic carbocycles. The number of hydrogen-bond donors (Lipinski definition) is 0. The fourth-order valence-electron chi connectivity index (χ4n) is 3.27. The third kappa shape index (κ3) is 2.13. The van der Waals surface area contributed by atoms with Gasteiger partial charge in [0.2, 0.25) is 11.8 Å². The van der Waals surface area contributed by atoms with Gasteiger partial charge in [0.15, 0.2) is 0 Å². The Balaban J connectivity index is 1.96. The average Bonchev–Trinajstić information content (AvgIpc) is 2.65. The van der Waals surface area contributed by atoms with Gasteiger partial charge < -0.3 is 0 Å². The molecule has 106 valence electrons. The van der Waals surface area contributed by atoms with Crippen molar-refractivity contribution in [3.05, 3.63) is 28.2 Å². The first kappa shape index (κ1) is 13.9. The van der Waals surface area contributed by atoms with E-state index in [1.54, 1.807) is 18.2 Å². The van der Waals surface area contributed by atoms with Gasteiger partial charge in [-0.1, -0.05) is 30.1 Å². The number of fused-ring (bicyclic) bond motifs is 1. The van der Waals surface area contributed by atoms with Crippen molar-refractivity contribution in [1.82, 2.24) is 0 Å². The van der Waals surface area contributed by atoms with E-state index in [2.05, 4.69) is 6.92 Å². The topological polar surface area (TPSA) is 37.4 Å². The highest BCUT2D eigenvalue weighted by Crippen LogP contribution is 2.42. The first-order valence-electron chi connectivity index (χ1n) is 6.82. The van der Waals surface area contributed by atoms with Crippen LogP contribution < -0.4 is 4.90 Å². The van der Waals surface area contributed by atoms with Crippen LogP contribution >= 0.6 is 23.2 Å². The molecule has 20 heavy (non-hydrogen) atoms. The minimum absolute atomic E-state index is 0.0923. The first-order valence-corrected chi connectivity index (χ1v) is 7.57. The van der Waals surface area contributed by atoms with Crippen molar-refractivity contribution in [2.75, 3.05) is 4.90 Å². The summed E-state index contributed by atoms with van der Waals surface area (Å²) in [7, 11) is 0. The van der Waals surface area contributed by atoms with Gasteiger partial charge in [0.1, 0.15) is 0 Å². The zero-order valence-electron chi connectivity index (χ0n) is 11.1. The summed E-state index contributed by atoms with van der Waals surface area (Å²) in [5.41, 5.74) is 0.524. The average molecular weight is 312 g/mol. The van der Waals surface area contributed by atoms with Gasteiger partial charge in [0.05, 0.1) is 27.6 Å². The van der Waals surface area contributed by atoms with Gasteiger partial charge in [0, 0.05) is 0 Å². The van der Waals surface area contributed by atoms with Crippen LogP contribution in [0, 0.1) is 17.8 Å². The lowest BCUT2D eigenvalue weighted by atomic mass is 9.76. The highest BCUT2D eigenvalue weighted by atomic mass is 35.5. The van der Waals surface area contributed by atoms with Crippen LogP contribution in [0.3, 0.4) is 0 Å². The second-order valence-electron chi connectivity index (χ2n) is 5.74. The molecule has 1 aromatic rings. The van der Waals surface area contributed by atoms with Gasteiger partial charge in [-0.3, -0.25) is 14.5 Å². The molecule has 2 aliphatic rings. The molecule has 0 bridgehead atoms. The Labute approximate surface area is 127 Å². The molecule has 3 nitrogen and oxygen atoms in total. The highest BCUT2D eigenvalue weighted by Gasteiger charge is 2.49. The molecule has 1 heterocycles. The predicted octanol–water partition coefficient (Wildman–Crippen LogP) is 3.92. The van der Waals surface area contributed by atoms with Crippen LogP contribution in [-0.2, 0) is 9.59 Å². The molecule has 1 aromatic carbocycles. The summed E-state index contributed by atoms with van der Waals surface area (Å²) in [5.74, 6) is -0.00848. The number of imide groups is 1. The van der Waals surface area contributed by atoms with E-state index < -0.39 is 0 Å². The molecule has 0 spiro atoms. The lowest BCUT2D eigenvalue weighted by Gasteiger charge is -2.25. The van der Waals surface area contributed by atoms with Crippen LogP contribution in [-0.4, -0.2) is 11.8 Å². The van der Waals surface area contributed by atoms with Crippen molar-refractivity contribution in [3.8, 4) is 0 Å². The number of nitrogens with zero attached hydrogens (tertiary/aromatic N) is 1. The maximum Gasteiger partial charge on any atom is 0.237 e. The smallest absolute Gasteiger partial charge is 0.237 e. The molecule has 0 N–H and O–H groups in total. The molecule has 5 heteroatoms. The molecule has 2 amide bonds. The molecular weight excluding hydrogens is 297 g/mol. The molecule has 0 aromatic heterocycles. The Hall–Kier alpha value is -1.06.